The van der Waals surface area contributed by atoms with Crippen molar-refractivity contribution < 1.29 is 9.53 Å². The van der Waals surface area contributed by atoms with Crippen LogP contribution >= 0.6 is 0 Å². The van der Waals surface area contributed by atoms with Crippen LogP contribution in [0, 0.1) is 36.2 Å². The normalized spacial score (nSPS) is 56.3. The largest absolute Gasteiger partial charge is 0.459 e. The van der Waals surface area contributed by atoms with Gasteiger partial charge in [-0.2, -0.15) is 0 Å². The zero-order chi connectivity index (χ0) is 10.8. The number of carbonyl (C=O) groups excluding carboxylic acids is 1. The molecule has 15 heavy (non-hydrogen) atoms. The Balaban J connectivity index is 2.11. The summed E-state index contributed by atoms with van der Waals surface area (Å²) in [5.41, 5.74) is -0.795. The van der Waals surface area contributed by atoms with Crippen molar-refractivity contribution in [3.63, 3.8) is 0 Å². The Bertz CT molecular complexity index is 372. The molecule has 80 valence electrons. The number of esters is 1. The minimum absolute atomic E-state index is 0.179. The molecule has 2 aliphatic carbocycles. The van der Waals surface area contributed by atoms with Crippen molar-refractivity contribution in [1.82, 2.24) is 0 Å². The van der Waals surface area contributed by atoms with Crippen LogP contribution in [0.15, 0.2) is 0 Å². The Hall–Kier alpha value is -1.04. The summed E-state index contributed by atoms with van der Waals surface area (Å²) in [4.78, 5) is 15.5. The maximum atomic E-state index is 11.8. The van der Waals surface area contributed by atoms with Gasteiger partial charge in [0.15, 0.2) is 0 Å². The van der Waals surface area contributed by atoms with Crippen LogP contribution in [0.2, 0.25) is 0 Å². The van der Waals surface area contributed by atoms with E-state index in [1.165, 1.54) is 0 Å². The Morgan fingerprint density at radius 1 is 1.40 bits per heavy atom. The average molecular weight is 205 g/mol. The van der Waals surface area contributed by atoms with E-state index in [2.05, 4.69) is 18.7 Å². The van der Waals surface area contributed by atoms with Gasteiger partial charge in [0.05, 0.1) is 11.8 Å². The molecule has 2 saturated carbocycles. The highest BCUT2D eigenvalue weighted by Crippen LogP contribution is 2.63. The van der Waals surface area contributed by atoms with Gasteiger partial charge in [0.2, 0.25) is 0 Å². The lowest BCUT2D eigenvalue weighted by Crippen LogP contribution is -2.47. The van der Waals surface area contributed by atoms with Crippen LogP contribution in [-0.2, 0) is 9.53 Å². The van der Waals surface area contributed by atoms with Crippen LogP contribution in [0.1, 0.15) is 20.3 Å². The Labute approximate surface area is 89.6 Å². The lowest BCUT2D eigenvalue weighted by atomic mass is 9.66. The number of nitrogens with zero attached hydrogens (tertiary/aromatic N) is 1. The second kappa shape index (κ2) is 2.55. The fourth-order valence-corrected chi connectivity index (χ4v) is 4.24. The molecule has 6 atom stereocenters. The van der Waals surface area contributed by atoms with Crippen molar-refractivity contribution in [3.05, 3.63) is 11.4 Å². The maximum absolute atomic E-state index is 11.8. The topological polar surface area (TPSA) is 30.7 Å². The summed E-state index contributed by atoms with van der Waals surface area (Å²) in [5.74, 6) is 1.85. The highest BCUT2D eigenvalue weighted by Gasteiger charge is 2.76. The lowest BCUT2D eigenvalue weighted by Gasteiger charge is -2.33. The van der Waals surface area contributed by atoms with Crippen LogP contribution < -0.4 is 0 Å². The van der Waals surface area contributed by atoms with E-state index in [-0.39, 0.29) is 17.8 Å². The molecule has 0 amide bonds. The van der Waals surface area contributed by atoms with Gasteiger partial charge >= 0.3 is 11.5 Å². The standard InChI is InChI=1S/C12H15NO2/c1-6-7(2)9-4-8(6)10-5-15-11(14)12(9,10)13-3/h6-10H,4-5H2,1-2H3. The smallest absolute Gasteiger partial charge is 0.394 e. The molecule has 3 nitrogen and oxygen atoms in total. The molecule has 6 unspecified atom stereocenters. The molecule has 0 aromatic rings. The molecule has 3 heteroatoms. The van der Waals surface area contributed by atoms with Gasteiger partial charge in [-0.15, -0.1) is 0 Å². The number of rotatable bonds is 0. The predicted octanol–water partition coefficient (Wildman–Crippen LogP) is 1.74. The van der Waals surface area contributed by atoms with E-state index in [1.807, 2.05) is 0 Å². The monoisotopic (exact) mass is 205 g/mol. The van der Waals surface area contributed by atoms with Crippen LogP contribution in [0.4, 0.5) is 0 Å². The van der Waals surface area contributed by atoms with E-state index in [4.69, 9.17) is 11.3 Å². The Kier molecular flexibility index (Phi) is 1.57. The molecule has 1 saturated heterocycles. The van der Waals surface area contributed by atoms with E-state index in [9.17, 15) is 4.79 Å². The van der Waals surface area contributed by atoms with Gasteiger partial charge in [-0.25, -0.2) is 11.4 Å². The minimum Gasteiger partial charge on any atom is -0.459 e. The highest BCUT2D eigenvalue weighted by molar-refractivity contribution is 5.87. The summed E-state index contributed by atoms with van der Waals surface area (Å²) < 4.78 is 5.14. The number of ether oxygens (including phenoxy) is 1. The zero-order valence-electron chi connectivity index (χ0n) is 9.06. The highest BCUT2D eigenvalue weighted by atomic mass is 16.5. The van der Waals surface area contributed by atoms with E-state index < -0.39 is 5.54 Å². The molecular formula is C12H15NO2. The van der Waals surface area contributed by atoms with Crippen molar-refractivity contribution in [1.29, 1.82) is 0 Å². The van der Waals surface area contributed by atoms with Gasteiger partial charge < -0.3 is 4.74 Å². The van der Waals surface area contributed by atoms with Crippen molar-refractivity contribution in [2.75, 3.05) is 6.61 Å². The fraction of sp³-hybridized carbons (Fsp3) is 0.833. The first-order chi connectivity index (χ1) is 7.13. The van der Waals surface area contributed by atoms with E-state index in [0.717, 1.165) is 6.42 Å². The third-order valence-corrected chi connectivity index (χ3v) is 5.22. The van der Waals surface area contributed by atoms with E-state index >= 15 is 0 Å². The summed E-state index contributed by atoms with van der Waals surface area (Å²) >= 11 is 0. The number of cyclic esters (lactones) is 1. The van der Waals surface area contributed by atoms with E-state index in [1.54, 1.807) is 0 Å². The van der Waals surface area contributed by atoms with Gasteiger partial charge in [0.1, 0.15) is 6.61 Å². The van der Waals surface area contributed by atoms with Crippen molar-refractivity contribution in [2.24, 2.45) is 29.6 Å². The molecule has 0 aromatic carbocycles. The Morgan fingerprint density at radius 2 is 2.13 bits per heavy atom. The first-order valence-electron chi connectivity index (χ1n) is 5.68. The SMILES string of the molecule is [C-]#[N+]C12C(=O)OCC1C1CC2C(C)C1C. The van der Waals surface area contributed by atoms with Gasteiger partial charge in [0.25, 0.3) is 0 Å². The van der Waals surface area contributed by atoms with Gasteiger partial charge in [-0.05, 0) is 24.2 Å². The summed E-state index contributed by atoms with van der Waals surface area (Å²) in [6.45, 7) is 12.3. The fourth-order valence-electron chi connectivity index (χ4n) is 4.24. The predicted molar refractivity (Wildman–Crippen MR) is 53.7 cm³/mol. The second-order valence-corrected chi connectivity index (χ2v) is 5.37. The molecular weight excluding hydrogens is 190 g/mol. The quantitative estimate of drug-likeness (QED) is 0.445. The van der Waals surface area contributed by atoms with Crippen molar-refractivity contribution in [3.8, 4) is 0 Å². The second-order valence-electron chi connectivity index (χ2n) is 5.37. The first kappa shape index (κ1) is 9.21. The molecule has 0 spiro atoms. The summed E-state index contributed by atoms with van der Waals surface area (Å²) in [6.07, 6.45) is 1.06. The maximum Gasteiger partial charge on any atom is 0.394 e. The Morgan fingerprint density at radius 3 is 2.80 bits per heavy atom. The molecule has 2 bridgehead atoms. The average Bonchev–Trinajstić information content (AvgIpc) is 2.81. The minimum atomic E-state index is -0.795. The molecule has 1 heterocycles. The number of fused-ring (bicyclic) bond motifs is 5. The third-order valence-electron chi connectivity index (χ3n) is 5.22. The number of hydrogen-bond donors (Lipinski definition) is 0. The van der Waals surface area contributed by atoms with Crippen LogP contribution in [0.3, 0.4) is 0 Å². The van der Waals surface area contributed by atoms with Crippen LogP contribution in [-0.4, -0.2) is 18.1 Å². The molecule has 0 N–H and O–H groups in total. The zero-order valence-corrected chi connectivity index (χ0v) is 9.06. The van der Waals surface area contributed by atoms with Crippen molar-refractivity contribution in [2.45, 2.75) is 25.8 Å². The van der Waals surface area contributed by atoms with Crippen LogP contribution in [0.25, 0.3) is 4.85 Å². The summed E-state index contributed by atoms with van der Waals surface area (Å²) in [7, 11) is 0. The van der Waals surface area contributed by atoms with Crippen molar-refractivity contribution >= 4 is 5.97 Å². The molecule has 0 aromatic heterocycles. The summed E-state index contributed by atoms with van der Waals surface area (Å²) in [6, 6.07) is 0. The number of hydrogen-bond acceptors (Lipinski definition) is 2. The van der Waals surface area contributed by atoms with Gasteiger partial charge in [-0.3, -0.25) is 4.85 Å². The van der Waals surface area contributed by atoms with Gasteiger partial charge in [0, 0.05) is 0 Å². The first-order valence-corrected chi connectivity index (χ1v) is 5.68. The van der Waals surface area contributed by atoms with Crippen LogP contribution in [0.5, 0.6) is 0 Å². The summed E-state index contributed by atoms with van der Waals surface area (Å²) in [5, 5.41) is 0. The third kappa shape index (κ3) is 0.770. The van der Waals surface area contributed by atoms with E-state index in [0.29, 0.717) is 24.4 Å². The molecule has 1 aliphatic heterocycles. The number of carbonyl (C=O) groups is 1. The molecule has 0 radical (unpaired) electrons. The lowest BCUT2D eigenvalue weighted by molar-refractivity contribution is -0.143. The molecule has 3 fully saturated rings. The molecule has 3 aliphatic rings. The van der Waals surface area contributed by atoms with Gasteiger partial charge in [-0.1, -0.05) is 13.8 Å². The molecule has 3 rings (SSSR count).